The quantitative estimate of drug-likeness (QED) is 0.493. The Labute approximate surface area is 223 Å². The molecule has 1 aliphatic carbocycles. The van der Waals surface area contributed by atoms with Gasteiger partial charge in [0.05, 0.1) is 18.4 Å². The minimum Gasteiger partial charge on any atom is -0.449 e. The second kappa shape index (κ2) is 10.7. The second-order valence-electron chi connectivity index (χ2n) is 11.4. The number of fused-ring (bicyclic) bond motifs is 1. The summed E-state index contributed by atoms with van der Waals surface area (Å²) in [5, 5.41) is 10.6. The molecule has 2 saturated heterocycles. The predicted octanol–water partition coefficient (Wildman–Crippen LogP) is 4.57. The summed E-state index contributed by atoms with van der Waals surface area (Å²) in [4.78, 5) is 33.5. The van der Waals surface area contributed by atoms with Gasteiger partial charge in [-0.25, -0.2) is 14.8 Å². The molecular weight excluding hydrogens is 478 g/mol. The second-order valence-corrected chi connectivity index (χ2v) is 11.4. The van der Waals surface area contributed by atoms with E-state index in [1.54, 1.807) is 6.33 Å². The molecule has 38 heavy (non-hydrogen) atoms. The number of piperidine rings is 1. The van der Waals surface area contributed by atoms with E-state index in [2.05, 4.69) is 38.1 Å². The van der Waals surface area contributed by atoms with Crippen LogP contribution in [-0.2, 0) is 11.2 Å². The number of amides is 1. The van der Waals surface area contributed by atoms with Crippen LogP contribution in [0.15, 0.2) is 36.9 Å². The Bertz CT molecular complexity index is 1290. The normalized spacial score (nSPS) is 20.3. The number of likely N-dealkylation sites (tertiary alicyclic amines) is 2. The highest BCUT2D eigenvalue weighted by atomic mass is 16.6. The van der Waals surface area contributed by atoms with Crippen LogP contribution in [0.5, 0.6) is 0 Å². The van der Waals surface area contributed by atoms with Gasteiger partial charge in [-0.1, -0.05) is 12.8 Å². The van der Waals surface area contributed by atoms with Gasteiger partial charge in [-0.05, 0) is 56.2 Å². The van der Waals surface area contributed by atoms with Crippen molar-refractivity contribution in [2.75, 3.05) is 32.8 Å². The SMILES string of the molecule is N#CCC1(Cc2ccc(-c3ncnc4[nH]ccc34)cn2)CN(C2CCN(C(=O)OCC3CCCC3)CC2)C1. The van der Waals surface area contributed by atoms with Gasteiger partial charge in [0, 0.05) is 73.1 Å². The van der Waals surface area contributed by atoms with Gasteiger partial charge < -0.3 is 14.6 Å². The fraction of sp³-hybridized carbons (Fsp3) is 0.552. The Morgan fingerprint density at radius 3 is 2.66 bits per heavy atom. The lowest BCUT2D eigenvalue weighted by Crippen LogP contribution is -2.62. The zero-order valence-electron chi connectivity index (χ0n) is 21.8. The van der Waals surface area contributed by atoms with Crippen LogP contribution in [0.4, 0.5) is 4.79 Å². The Balaban J connectivity index is 1.02. The Morgan fingerprint density at radius 1 is 1.11 bits per heavy atom. The van der Waals surface area contributed by atoms with Crippen molar-refractivity contribution in [2.45, 2.75) is 57.4 Å². The highest BCUT2D eigenvalue weighted by molar-refractivity contribution is 5.90. The average molecular weight is 514 g/mol. The van der Waals surface area contributed by atoms with E-state index >= 15 is 0 Å². The van der Waals surface area contributed by atoms with Gasteiger partial charge in [0.1, 0.15) is 12.0 Å². The first kappa shape index (κ1) is 24.8. The lowest BCUT2D eigenvalue weighted by atomic mass is 9.72. The van der Waals surface area contributed by atoms with E-state index in [9.17, 15) is 10.1 Å². The number of carbonyl (C=O) groups is 1. The Kier molecular flexibility index (Phi) is 6.98. The van der Waals surface area contributed by atoms with Crippen molar-refractivity contribution in [3.05, 3.63) is 42.6 Å². The van der Waals surface area contributed by atoms with Crippen LogP contribution in [0.2, 0.25) is 0 Å². The maximum atomic E-state index is 12.5. The molecule has 9 nitrogen and oxygen atoms in total. The maximum Gasteiger partial charge on any atom is 0.409 e. The zero-order valence-corrected chi connectivity index (χ0v) is 21.8. The molecule has 3 aromatic rings. The number of hydrogen-bond donors (Lipinski definition) is 1. The topological polar surface area (TPSA) is 111 Å². The van der Waals surface area contributed by atoms with Crippen LogP contribution < -0.4 is 0 Å². The number of nitrogens with one attached hydrogen (secondary N) is 1. The van der Waals surface area contributed by atoms with E-state index in [1.807, 2.05) is 23.4 Å². The summed E-state index contributed by atoms with van der Waals surface area (Å²) in [5.74, 6) is 0.555. The van der Waals surface area contributed by atoms with Crippen LogP contribution in [0.3, 0.4) is 0 Å². The molecule has 0 bridgehead atoms. The number of hydrogen-bond acceptors (Lipinski definition) is 7. The summed E-state index contributed by atoms with van der Waals surface area (Å²) in [6.07, 6.45) is 13.3. The number of ether oxygens (including phenoxy) is 1. The molecule has 2 aliphatic heterocycles. The molecule has 0 unspecified atom stereocenters. The summed E-state index contributed by atoms with van der Waals surface area (Å²) in [6, 6.07) is 8.99. The number of aromatic nitrogens is 4. The highest BCUT2D eigenvalue weighted by Crippen LogP contribution is 2.40. The van der Waals surface area contributed by atoms with E-state index < -0.39 is 0 Å². The summed E-state index contributed by atoms with van der Waals surface area (Å²) in [6.45, 7) is 3.87. The minimum absolute atomic E-state index is 0.0660. The molecular formula is C29H35N7O2. The number of nitrogens with zero attached hydrogens (tertiary/aromatic N) is 6. The summed E-state index contributed by atoms with van der Waals surface area (Å²) in [5.41, 5.74) is 3.57. The van der Waals surface area contributed by atoms with E-state index in [-0.39, 0.29) is 11.5 Å². The third-order valence-electron chi connectivity index (χ3n) is 8.70. The van der Waals surface area contributed by atoms with Gasteiger partial charge in [-0.2, -0.15) is 5.26 Å². The van der Waals surface area contributed by atoms with Crippen molar-refractivity contribution < 1.29 is 9.53 Å². The van der Waals surface area contributed by atoms with Gasteiger partial charge >= 0.3 is 6.09 Å². The molecule has 198 valence electrons. The first-order chi connectivity index (χ1) is 18.6. The Morgan fingerprint density at radius 2 is 1.92 bits per heavy atom. The molecule has 3 fully saturated rings. The van der Waals surface area contributed by atoms with Gasteiger partial charge in [0.2, 0.25) is 0 Å². The summed E-state index contributed by atoms with van der Waals surface area (Å²) < 4.78 is 5.61. The zero-order chi connectivity index (χ0) is 26.0. The van der Waals surface area contributed by atoms with Gasteiger partial charge in [-0.3, -0.25) is 9.88 Å². The van der Waals surface area contributed by atoms with E-state index in [1.165, 1.54) is 25.7 Å². The monoisotopic (exact) mass is 513 g/mol. The molecule has 0 spiro atoms. The minimum atomic E-state index is -0.147. The van der Waals surface area contributed by atoms with Crippen molar-refractivity contribution >= 4 is 17.1 Å². The largest absolute Gasteiger partial charge is 0.449 e. The smallest absolute Gasteiger partial charge is 0.409 e. The fourth-order valence-corrected chi connectivity index (χ4v) is 6.55. The van der Waals surface area contributed by atoms with Crippen LogP contribution in [0.1, 0.15) is 50.6 Å². The number of carbonyl (C=O) groups excluding carboxylic acids is 1. The van der Waals surface area contributed by atoms with Crippen LogP contribution >= 0.6 is 0 Å². The van der Waals surface area contributed by atoms with E-state index in [4.69, 9.17) is 9.72 Å². The molecule has 0 atom stereocenters. The number of H-pyrrole nitrogens is 1. The average Bonchev–Trinajstić information content (AvgIpc) is 3.63. The third kappa shape index (κ3) is 5.10. The van der Waals surface area contributed by atoms with Crippen molar-refractivity contribution in [3.63, 3.8) is 0 Å². The standard InChI is InChI=1S/C29H35N7O2/c30-11-10-29(15-23-6-5-22(16-32-23)26-25-7-12-31-27(25)34-20-33-26)18-36(19-29)24-8-13-35(14-9-24)28(37)38-17-21-3-1-2-4-21/h5-7,12,16,20-21,24H,1-4,8-10,13-15,17-19H2,(H,31,33,34). The van der Waals surface area contributed by atoms with Crippen molar-refractivity contribution in [2.24, 2.45) is 11.3 Å². The van der Waals surface area contributed by atoms with Gasteiger partial charge in [0.25, 0.3) is 0 Å². The van der Waals surface area contributed by atoms with Crippen LogP contribution in [0.25, 0.3) is 22.3 Å². The highest BCUT2D eigenvalue weighted by Gasteiger charge is 2.46. The molecule has 6 rings (SSSR count). The third-order valence-corrected chi connectivity index (χ3v) is 8.70. The summed E-state index contributed by atoms with van der Waals surface area (Å²) in [7, 11) is 0. The van der Waals surface area contributed by atoms with E-state index in [0.717, 1.165) is 73.4 Å². The summed E-state index contributed by atoms with van der Waals surface area (Å²) >= 11 is 0. The molecule has 1 N–H and O–H groups in total. The maximum absolute atomic E-state index is 12.5. The first-order valence-corrected chi connectivity index (χ1v) is 13.9. The first-order valence-electron chi connectivity index (χ1n) is 13.9. The molecule has 5 heterocycles. The molecule has 3 aliphatic rings. The van der Waals surface area contributed by atoms with Crippen molar-refractivity contribution in [1.29, 1.82) is 5.26 Å². The van der Waals surface area contributed by atoms with Crippen molar-refractivity contribution in [1.82, 2.24) is 29.7 Å². The van der Waals surface area contributed by atoms with Crippen molar-refractivity contribution in [3.8, 4) is 17.3 Å². The number of rotatable bonds is 7. The fourth-order valence-electron chi connectivity index (χ4n) is 6.55. The number of pyridine rings is 1. The van der Waals surface area contributed by atoms with Gasteiger partial charge in [0.15, 0.2) is 0 Å². The lowest BCUT2D eigenvalue weighted by Gasteiger charge is -2.54. The Hall–Kier alpha value is -3.51. The molecule has 9 heteroatoms. The van der Waals surface area contributed by atoms with Crippen LogP contribution in [-0.4, -0.2) is 74.7 Å². The molecule has 0 radical (unpaired) electrons. The predicted molar refractivity (Wildman–Crippen MR) is 143 cm³/mol. The molecule has 1 amide bonds. The van der Waals surface area contributed by atoms with Gasteiger partial charge in [-0.15, -0.1) is 0 Å². The van der Waals surface area contributed by atoms with Crippen LogP contribution in [0, 0.1) is 22.7 Å². The lowest BCUT2D eigenvalue weighted by molar-refractivity contribution is -0.0456. The number of nitriles is 1. The molecule has 1 saturated carbocycles. The molecule has 0 aromatic carbocycles. The molecule has 3 aromatic heterocycles. The van der Waals surface area contributed by atoms with E-state index in [0.29, 0.717) is 25.0 Å². The number of aromatic amines is 1.